The molecule has 8 aromatic heterocycles. The van der Waals surface area contributed by atoms with E-state index < -0.39 is 0 Å². The van der Waals surface area contributed by atoms with E-state index in [9.17, 15) is 24.0 Å². The molecule has 410 valence electrons. The van der Waals surface area contributed by atoms with Crippen LogP contribution in [0.15, 0.2) is 87.6 Å². The highest BCUT2D eigenvalue weighted by Gasteiger charge is 2.15. The maximum absolute atomic E-state index is 11.4. The maximum atomic E-state index is 11.4. The molecule has 1 amide bonds. The molecule has 76 heavy (non-hydrogen) atoms. The molecule has 0 saturated carbocycles. The van der Waals surface area contributed by atoms with E-state index in [2.05, 4.69) is 80.6 Å². The van der Waals surface area contributed by atoms with Gasteiger partial charge in [-0.2, -0.15) is 19.9 Å². The Labute approximate surface area is 438 Å². The summed E-state index contributed by atoms with van der Waals surface area (Å²) in [5.74, 6) is 1.87. The number of fused-ring (bicyclic) bond motifs is 3. The summed E-state index contributed by atoms with van der Waals surface area (Å²) in [6.45, 7) is 29.3. The zero-order valence-electron chi connectivity index (χ0n) is 44.5. The number of hydrogen-bond acceptors (Lipinski definition) is 20. The van der Waals surface area contributed by atoms with Gasteiger partial charge in [-0.05, 0) is 96.1 Å². The van der Waals surface area contributed by atoms with Crippen LogP contribution in [0.3, 0.4) is 0 Å². The van der Waals surface area contributed by atoms with E-state index in [0.29, 0.717) is 62.9 Å². The first-order valence-corrected chi connectivity index (χ1v) is 23.7. The smallest absolute Gasteiger partial charge is 0.349 e. The number of nitrogen functional groups attached to an aromatic ring is 5. The van der Waals surface area contributed by atoms with Gasteiger partial charge in [0, 0.05) is 66.5 Å². The van der Waals surface area contributed by atoms with Crippen LogP contribution in [0.25, 0.3) is 33.5 Å². The SMILES string of the molecule is C.C=C1NC(=O)C=CN1C(C)C.CC(C)n1ccc(N)nc1=O.CC(C)n1cnc2c(=O)[nH]c(N)nc21.CC(C)n1cnc2c(N)nc(N)nc21.CC(C)n1cnc2c(N)ncnc21.Cc1cn(C(C)C)c(=O)[nH]c1=O. The molecule has 0 fully saturated rings. The normalized spacial score (nSPS) is 11.9. The summed E-state index contributed by atoms with van der Waals surface area (Å²) in [4.78, 5) is 97.7. The van der Waals surface area contributed by atoms with E-state index in [4.69, 9.17) is 28.7 Å². The van der Waals surface area contributed by atoms with Gasteiger partial charge in [0.2, 0.25) is 11.9 Å². The van der Waals surface area contributed by atoms with Crippen molar-refractivity contribution in [1.82, 2.24) is 87.9 Å². The van der Waals surface area contributed by atoms with Crippen molar-refractivity contribution >= 4 is 68.7 Å². The molecular formula is C48H73N23O5. The molecule has 1 aliphatic heterocycles. The monoisotopic (exact) mass is 1050 g/mol. The Morgan fingerprint density at radius 3 is 1.58 bits per heavy atom. The van der Waals surface area contributed by atoms with Crippen molar-refractivity contribution < 1.29 is 4.79 Å². The van der Waals surface area contributed by atoms with E-state index in [0.717, 1.165) is 5.65 Å². The molecule has 0 spiro atoms. The van der Waals surface area contributed by atoms with Crippen LogP contribution in [0.1, 0.15) is 126 Å². The van der Waals surface area contributed by atoms with Gasteiger partial charge in [0.15, 0.2) is 34.1 Å². The number of hydrogen-bond donors (Lipinski definition) is 8. The van der Waals surface area contributed by atoms with Crippen molar-refractivity contribution in [2.75, 3.05) is 28.7 Å². The highest BCUT2D eigenvalue weighted by molar-refractivity contribution is 5.89. The first-order valence-electron chi connectivity index (χ1n) is 23.7. The Morgan fingerprint density at radius 2 is 1.07 bits per heavy atom. The molecule has 13 N–H and O–H groups in total. The summed E-state index contributed by atoms with van der Waals surface area (Å²) in [5.41, 5.74) is 30.5. The molecule has 0 aromatic carbocycles. The average Bonchev–Trinajstić information content (AvgIpc) is 4.07. The Hall–Kier alpha value is -9.24. The number of H-pyrrole nitrogens is 2. The number of carbonyl (C=O) groups excluding carboxylic acids is 1. The van der Waals surface area contributed by atoms with Crippen LogP contribution in [-0.2, 0) is 4.79 Å². The lowest BCUT2D eigenvalue weighted by Gasteiger charge is -2.29. The first-order chi connectivity index (χ1) is 35.1. The molecular weight excluding hydrogens is 979 g/mol. The van der Waals surface area contributed by atoms with Crippen molar-refractivity contribution in [2.45, 2.75) is 134 Å². The number of anilines is 5. The van der Waals surface area contributed by atoms with Crippen LogP contribution in [-0.4, -0.2) is 94.5 Å². The molecule has 8 aromatic rings. The fourth-order valence-corrected chi connectivity index (χ4v) is 6.66. The summed E-state index contributed by atoms with van der Waals surface area (Å²) < 4.78 is 8.70. The van der Waals surface area contributed by atoms with Crippen LogP contribution in [0.2, 0.25) is 0 Å². The summed E-state index contributed by atoms with van der Waals surface area (Å²) >= 11 is 0. The summed E-state index contributed by atoms with van der Waals surface area (Å²) in [5, 5.41) is 2.62. The number of aromatic nitrogens is 16. The van der Waals surface area contributed by atoms with Gasteiger partial charge in [0.25, 0.3) is 17.0 Å². The third-order valence-electron chi connectivity index (χ3n) is 10.6. The van der Waals surface area contributed by atoms with Crippen molar-refractivity contribution in [3.8, 4) is 0 Å². The van der Waals surface area contributed by atoms with E-state index in [-0.39, 0.29) is 77.7 Å². The third kappa shape index (κ3) is 15.6. The largest absolute Gasteiger partial charge is 0.383 e. The van der Waals surface area contributed by atoms with Gasteiger partial charge in [-0.1, -0.05) is 14.0 Å². The Morgan fingerprint density at radius 1 is 0.553 bits per heavy atom. The van der Waals surface area contributed by atoms with Crippen molar-refractivity contribution in [3.63, 3.8) is 0 Å². The Balaban J connectivity index is 0.000000240. The van der Waals surface area contributed by atoms with Crippen molar-refractivity contribution in [1.29, 1.82) is 0 Å². The average molecular weight is 1050 g/mol. The van der Waals surface area contributed by atoms with Gasteiger partial charge in [0.05, 0.1) is 19.0 Å². The number of aryl methyl sites for hydroxylation is 1. The number of amides is 1. The number of carbonyl (C=O) groups is 1. The van der Waals surface area contributed by atoms with Gasteiger partial charge in [-0.15, -0.1) is 0 Å². The molecule has 28 nitrogen and oxygen atoms in total. The fourth-order valence-electron chi connectivity index (χ4n) is 6.66. The van der Waals surface area contributed by atoms with Crippen LogP contribution in [0, 0.1) is 6.92 Å². The number of imidazole rings is 3. The molecule has 0 aliphatic carbocycles. The number of nitrogens with one attached hydrogen (secondary N) is 3. The highest BCUT2D eigenvalue weighted by atomic mass is 16.2. The molecule has 0 unspecified atom stereocenters. The second kappa shape index (κ2) is 26.6. The Kier molecular flexibility index (Phi) is 21.4. The first kappa shape index (κ1) is 61.1. The second-order valence-corrected chi connectivity index (χ2v) is 18.4. The lowest BCUT2D eigenvalue weighted by Crippen LogP contribution is -2.38. The van der Waals surface area contributed by atoms with Gasteiger partial charge < -0.3 is 52.6 Å². The van der Waals surface area contributed by atoms with Crippen LogP contribution >= 0.6 is 0 Å². The molecule has 9 heterocycles. The lowest BCUT2D eigenvalue weighted by atomic mass is 10.3. The number of aromatic amines is 2. The molecule has 0 saturated heterocycles. The van der Waals surface area contributed by atoms with Gasteiger partial charge in [-0.25, -0.2) is 34.5 Å². The predicted molar refractivity (Wildman–Crippen MR) is 297 cm³/mol. The second-order valence-electron chi connectivity index (χ2n) is 18.4. The summed E-state index contributed by atoms with van der Waals surface area (Å²) in [7, 11) is 0. The molecule has 9 rings (SSSR count). The number of nitrogens with zero attached hydrogens (tertiary/aromatic N) is 15. The zero-order valence-corrected chi connectivity index (χ0v) is 44.5. The summed E-state index contributed by atoms with van der Waals surface area (Å²) in [6.07, 6.45) is 12.9. The number of nitrogens with two attached hydrogens (primary N) is 5. The zero-order chi connectivity index (χ0) is 56.2. The van der Waals surface area contributed by atoms with E-state index >= 15 is 0 Å². The standard InChI is InChI=1S/C8H12N6.C8H11N5O.C8H11N5.C8H12N2O2.C8H12N2O.C7H11N3O.CH4/c1-4(2)14-3-11-5-6(9)12-8(10)13-7(5)14;1-4(2)13-3-10-5-6(13)11-8(9)12-7(5)14;1-5(2)13-4-12-6-7(9)10-3-11-8(6)13;1-5(2)10-4-6(3)7(11)9-8(10)12;1-6(2)10-5-4-8(11)9-7(10)3;1-5(2)10-4-3-6(8)9-7(10)11;/h3-4H,1-2H3,(H4,9,10,12,13);3-4H,1-2H3,(H3,9,11,12,14);3-5H,1-2H3,(H2,9,10,11);4-5H,1-3H3,(H,9,11,12);4-6H,3H2,1-2H3,(H,9,11);3-5H,1-2H3,(H2,8,9,11);1H4. The molecule has 0 radical (unpaired) electrons. The van der Waals surface area contributed by atoms with Crippen LogP contribution in [0.5, 0.6) is 0 Å². The highest BCUT2D eigenvalue weighted by Crippen LogP contribution is 2.20. The molecule has 0 atom stereocenters. The topological polar surface area (TPSA) is 403 Å². The minimum Gasteiger partial charge on any atom is -0.383 e. The third-order valence-corrected chi connectivity index (χ3v) is 10.6. The molecule has 28 heteroatoms. The quantitative estimate of drug-likeness (QED) is 0.116. The Bertz CT molecular complexity index is 3520. The van der Waals surface area contributed by atoms with Gasteiger partial charge in [-0.3, -0.25) is 33.5 Å². The summed E-state index contributed by atoms with van der Waals surface area (Å²) in [6, 6.07) is 2.96. The lowest BCUT2D eigenvalue weighted by molar-refractivity contribution is -0.116. The van der Waals surface area contributed by atoms with E-state index in [1.165, 1.54) is 21.5 Å². The fraction of sp³-hybridized carbons (Fsp3) is 0.417. The molecule has 1 aliphatic rings. The van der Waals surface area contributed by atoms with E-state index in [1.807, 2.05) is 83.3 Å². The van der Waals surface area contributed by atoms with Crippen LogP contribution < -0.4 is 56.5 Å². The maximum Gasteiger partial charge on any atom is 0.349 e. The number of rotatable bonds is 6. The van der Waals surface area contributed by atoms with Crippen molar-refractivity contribution in [2.24, 2.45) is 0 Å². The van der Waals surface area contributed by atoms with Gasteiger partial charge in [0.1, 0.15) is 29.0 Å². The van der Waals surface area contributed by atoms with Crippen LogP contribution in [0.4, 0.5) is 29.4 Å². The van der Waals surface area contributed by atoms with E-state index in [1.54, 1.807) is 55.1 Å². The molecule has 0 bridgehead atoms. The minimum absolute atomic E-state index is 0. The minimum atomic E-state index is -0.347. The van der Waals surface area contributed by atoms with Gasteiger partial charge >= 0.3 is 11.4 Å². The predicted octanol–water partition coefficient (Wildman–Crippen LogP) is 4.12. The van der Waals surface area contributed by atoms with Crippen molar-refractivity contribution in [3.05, 3.63) is 116 Å².